The van der Waals surface area contributed by atoms with Crippen LogP contribution in [-0.2, 0) is 6.18 Å². The first-order valence-corrected chi connectivity index (χ1v) is 4.46. The SMILES string of the molecule is Cc1cn2c(C(=O)O)ncc2nc1C(F)(F)F. The van der Waals surface area contributed by atoms with Crippen molar-refractivity contribution in [2.45, 2.75) is 13.1 Å². The maximum Gasteiger partial charge on any atom is 0.433 e. The van der Waals surface area contributed by atoms with Crippen LogP contribution in [-0.4, -0.2) is 25.4 Å². The number of hydrogen-bond acceptors (Lipinski definition) is 3. The van der Waals surface area contributed by atoms with Crippen LogP contribution in [0, 0.1) is 6.92 Å². The molecule has 0 unspecified atom stereocenters. The Labute approximate surface area is 92.5 Å². The topological polar surface area (TPSA) is 67.5 Å². The molecule has 17 heavy (non-hydrogen) atoms. The van der Waals surface area contributed by atoms with Gasteiger partial charge in [0, 0.05) is 6.20 Å². The van der Waals surface area contributed by atoms with Gasteiger partial charge < -0.3 is 5.11 Å². The Hall–Kier alpha value is -2.12. The van der Waals surface area contributed by atoms with Gasteiger partial charge in [0.1, 0.15) is 0 Å². The fourth-order valence-corrected chi connectivity index (χ4v) is 1.46. The standard InChI is InChI=1S/C9H6F3N3O2/c1-4-3-15-5(2-13-7(15)8(16)17)14-6(4)9(10,11)12/h2-3H,1H3,(H,16,17). The summed E-state index contributed by atoms with van der Waals surface area (Å²) in [7, 11) is 0. The second-order valence-electron chi connectivity index (χ2n) is 3.39. The summed E-state index contributed by atoms with van der Waals surface area (Å²) in [5, 5.41) is 8.76. The summed E-state index contributed by atoms with van der Waals surface area (Å²) < 4.78 is 38.6. The molecule has 0 aromatic carbocycles. The molecule has 2 heterocycles. The number of imidazole rings is 1. The number of fused-ring (bicyclic) bond motifs is 1. The number of carboxylic acids is 1. The van der Waals surface area contributed by atoms with Crippen LogP contribution in [0.3, 0.4) is 0 Å². The lowest BCUT2D eigenvalue weighted by Crippen LogP contribution is -2.13. The molecular weight excluding hydrogens is 239 g/mol. The number of rotatable bonds is 1. The molecular formula is C9H6F3N3O2. The molecule has 0 aliphatic carbocycles. The number of alkyl halides is 3. The Balaban J connectivity index is 2.73. The van der Waals surface area contributed by atoms with Crippen molar-refractivity contribution in [2.24, 2.45) is 0 Å². The minimum Gasteiger partial charge on any atom is -0.475 e. The maximum absolute atomic E-state index is 12.5. The number of aryl methyl sites for hydroxylation is 1. The van der Waals surface area contributed by atoms with Crippen LogP contribution < -0.4 is 0 Å². The van der Waals surface area contributed by atoms with E-state index in [2.05, 4.69) is 9.97 Å². The second-order valence-corrected chi connectivity index (χ2v) is 3.39. The van der Waals surface area contributed by atoms with Crippen molar-refractivity contribution < 1.29 is 23.1 Å². The van der Waals surface area contributed by atoms with Gasteiger partial charge in [0.15, 0.2) is 11.3 Å². The molecule has 0 aliphatic heterocycles. The molecule has 0 radical (unpaired) electrons. The van der Waals surface area contributed by atoms with Gasteiger partial charge in [-0.15, -0.1) is 0 Å². The van der Waals surface area contributed by atoms with E-state index in [0.29, 0.717) is 0 Å². The first-order valence-electron chi connectivity index (χ1n) is 4.46. The van der Waals surface area contributed by atoms with Gasteiger partial charge >= 0.3 is 12.1 Å². The smallest absolute Gasteiger partial charge is 0.433 e. The van der Waals surface area contributed by atoms with Crippen molar-refractivity contribution in [3.63, 3.8) is 0 Å². The van der Waals surface area contributed by atoms with Gasteiger partial charge in [-0.1, -0.05) is 0 Å². The molecule has 90 valence electrons. The third-order valence-corrected chi connectivity index (χ3v) is 2.16. The highest BCUT2D eigenvalue weighted by Crippen LogP contribution is 2.30. The average Bonchev–Trinajstić information content (AvgIpc) is 2.57. The molecule has 0 aliphatic rings. The van der Waals surface area contributed by atoms with E-state index in [1.54, 1.807) is 0 Å². The predicted octanol–water partition coefficient (Wildman–Crippen LogP) is 1.75. The summed E-state index contributed by atoms with van der Waals surface area (Å²) in [6.45, 7) is 1.21. The molecule has 1 N–H and O–H groups in total. The Morgan fingerprint density at radius 1 is 1.47 bits per heavy atom. The zero-order valence-electron chi connectivity index (χ0n) is 8.49. The largest absolute Gasteiger partial charge is 0.475 e. The van der Waals surface area contributed by atoms with Crippen LogP contribution >= 0.6 is 0 Å². The minimum absolute atomic E-state index is 0.152. The van der Waals surface area contributed by atoms with Crippen molar-refractivity contribution >= 4 is 11.6 Å². The van der Waals surface area contributed by atoms with Gasteiger partial charge in [0.2, 0.25) is 5.82 Å². The fraction of sp³-hybridized carbons (Fsp3) is 0.222. The van der Waals surface area contributed by atoms with Crippen molar-refractivity contribution in [3.05, 3.63) is 29.5 Å². The van der Waals surface area contributed by atoms with Crippen molar-refractivity contribution in [3.8, 4) is 0 Å². The molecule has 0 fully saturated rings. The van der Waals surface area contributed by atoms with Gasteiger partial charge in [-0.05, 0) is 12.5 Å². The first-order chi connectivity index (χ1) is 7.80. The molecule has 8 heteroatoms. The summed E-state index contributed by atoms with van der Waals surface area (Å²) in [6, 6.07) is 0. The summed E-state index contributed by atoms with van der Waals surface area (Å²) in [4.78, 5) is 17.6. The normalized spacial score (nSPS) is 12.0. The summed E-state index contributed by atoms with van der Waals surface area (Å²) in [6.07, 6.45) is -2.53. The quantitative estimate of drug-likeness (QED) is 0.831. The van der Waals surface area contributed by atoms with Crippen molar-refractivity contribution in [1.29, 1.82) is 0 Å². The Morgan fingerprint density at radius 2 is 2.12 bits per heavy atom. The van der Waals surface area contributed by atoms with Crippen molar-refractivity contribution in [2.75, 3.05) is 0 Å². The van der Waals surface area contributed by atoms with Crippen LogP contribution in [0.2, 0.25) is 0 Å². The van der Waals surface area contributed by atoms with Crippen molar-refractivity contribution in [1.82, 2.24) is 14.4 Å². The van der Waals surface area contributed by atoms with E-state index < -0.39 is 17.8 Å². The molecule has 0 amide bonds. The number of halogens is 3. The lowest BCUT2D eigenvalue weighted by atomic mass is 10.2. The van der Waals surface area contributed by atoms with Gasteiger partial charge in [0.25, 0.3) is 0 Å². The zero-order chi connectivity index (χ0) is 12.8. The fourth-order valence-electron chi connectivity index (χ4n) is 1.46. The number of aromatic nitrogens is 3. The van der Waals surface area contributed by atoms with Crippen LogP contribution in [0.4, 0.5) is 13.2 Å². The Morgan fingerprint density at radius 3 is 2.65 bits per heavy atom. The van der Waals surface area contributed by atoms with E-state index in [4.69, 9.17) is 5.11 Å². The molecule has 0 bridgehead atoms. The van der Waals surface area contributed by atoms with Gasteiger partial charge in [0.05, 0.1) is 6.20 Å². The molecule has 0 saturated heterocycles. The number of aromatic carboxylic acids is 1. The van der Waals surface area contributed by atoms with Gasteiger partial charge in [-0.2, -0.15) is 13.2 Å². The highest BCUT2D eigenvalue weighted by atomic mass is 19.4. The number of nitrogens with zero attached hydrogens (tertiary/aromatic N) is 3. The van der Waals surface area contributed by atoms with Crippen LogP contribution in [0.1, 0.15) is 21.9 Å². The Bertz CT molecular complexity index is 603. The van der Waals surface area contributed by atoms with E-state index in [1.165, 1.54) is 6.92 Å². The summed E-state index contributed by atoms with van der Waals surface area (Å²) in [5.41, 5.74) is -1.35. The summed E-state index contributed by atoms with van der Waals surface area (Å²) in [5.74, 6) is -1.70. The minimum atomic E-state index is -4.57. The molecule has 2 aromatic rings. The van der Waals surface area contributed by atoms with E-state index in [-0.39, 0.29) is 17.0 Å². The number of hydrogen-bond donors (Lipinski definition) is 1. The molecule has 0 spiro atoms. The molecule has 0 atom stereocenters. The van der Waals surface area contributed by atoms with E-state index in [0.717, 1.165) is 16.8 Å². The third-order valence-electron chi connectivity index (χ3n) is 2.16. The first kappa shape index (κ1) is 11.4. The molecule has 0 saturated carbocycles. The lowest BCUT2D eigenvalue weighted by molar-refractivity contribution is -0.141. The monoisotopic (exact) mass is 245 g/mol. The van der Waals surface area contributed by atoms with E-state index in [1.807, 2.05) is 0 Å². The van der Waals surface area contributed by atoms with Gasteiger partial charge in [-0.3, -0.25) is 4.40 Å². The molecule has 2 rings (SSSR count). The molecule has 5 nitrogen and oxygen atoms in total. The maximum atomic E-state index is 12.5. The Kier molecular flexibility index (Phi) is 2.30. The number of carbonyl (C=O) groups is 1. The number of carboxylic acid groups (broad SMARTS) is 1. The van der Waals surface area contributed by atoms with E-state index >= 15 is 0 Å². The average molecular weight is 245 g/mol. The predicted molar refractivity (Wildman–Crippen MR) is 49.7 cm³/mol. The zero-order valence-corrected chi connectivity index (χ0v) is 8.49. The third kappa shape index (κ3) is 1.81. The van der Waals surface area contributed by atoms with Crippen LogP contribution in [0.15, 0.2) is 12.4 Å². The lowest BCUT2D eigenvalue weighted by Gasteiger charge is -2.09. The van der Waals surface area contributed by atoms with Crippen LogP contribution in [0.5, 0.6) is 0 Å². The highest BCUT2D eigenvalue weighted by molar-refractivity contribution is 5.84. The highest BCUT2D eigenvalue weighted by Gasteiger charge is 2.35. The summed E-state index contributed by atoms with van der Waals surface area (Å²) >= 11 is 0. The van der Waals surface area contributed by atoms with E-state index in [9.17, 15) is 18.0 Å². The van der Waals surface area contributed by atoms with Gasteiger partial charge in [-0.25, -0.2) is 14.8 Å². The molecule has 2 aromatic heterocycles. The van der Waals surface area contributed by atoms with Crippen LogP contribution in [0.25, 0.3) is 5.65 Å². The second kappa shape index (κ2) is 3.44.